The second-order valence-electron chi connectivity index (χ2n) is 8.56. The number of likely N-dealkylation sites (tertiary alicyclic amines) is 1. The first-order chi connectivity index (χ1) is 17.0. The molecule has 0 spiro atoms. The van der Waals surface area contributed by atoms with Gasteiger partial charge in [-0.3, -0.25) is 9.59 Å². The predicted octanol–water partition coefficient (Wildman–Crippen LogP) is 3.73. The Morgan fingerprint density at radius 3 is 2.43 bits per heavy atom. The molecule has 180 valence electrons. The molecular formula is C28H29N3O4. The lowest BCUT2D eigenvalue weighted by atomic mass is 9.99. The molecule has 7 heteroatoms. The molecule has 0 aliphatic carbocycles. The maximum absolute atomic E-state index is 13.4. The zero-order valence-corrected chi connectivity index (χ0v) is 19.8. The Morgan fingerprint density at radius 2 is 1.74 bits per heavy atom. The molecule has 1 unspecified atom stereocenters. The molecule has 2 N–H and O–H groups in total. The summed E-state index contributed by atoms with van der Waals surface area (Å²) < 4.78 is 0. The lowest BCUT2D eigenvalue weighted by Crippen LogP contribution is -2.46. The fourth-order valence-corrected chi connectivity index (χ4v) is 4.31. The summed E-state index contributed by atoms with van der Waals surface area (Å²) in [5.41, 5.74) is 5.09. The molecule has 1 fully saturated rings. The Labute approximate surface area is 205 Å². The molecule has 0 radical (unpaired) electrons. The van der Waals surface area contributed by atoms with E-state index in [1.807, 2.05) is 61.5 Å². The van der Waals surface area contributed by atoms with Crippen LogP contribution in [0.1, 0.15) is 34.0 Å². The molecule has 3 aromatic rings. The van der Waals surface area contributed by atoms with Crippen molar-refractivity contribution >= 4 is 17.5 Å². The van der Waals surface area contributed by atoms with E-state index in [1.54, 1.807) is 24.3 Å². The third-order valence-corrected chi connectivity index (χ3v) is 6.18. The van der Waals surface area contributed by atoms with E-state index in [2.05, 4.69) is 10.5 Å². The Kier molecular flexibility index (Phi) is 7.57. The van der Waals surface area contributed by atoms with Crippen LogP contribution in [0.15, 0.2) is 84.0 Å². The van der Waals surface area contributed by atoms with Crippen LogP contribution in [0, 0.1) is 6.92 Å². The van der Waals surface area contributed by atoms with Crippen molar-refractivity contribution < 1.29 is 19.5 Å². The van der Waals surface area contributed by atoms with Gasteiger partial charge >= 0.3 is 0 Å². The van der Waals surface area contributed by atoms with Gasteiger partial charge in [-0.25, -0.2) is 0 Å². The number of carbonyl (C=O) groups excluding carboxylic acids is 2. The Bertz CT molecular complexity index is 1210. The largest absolute Gasteiger partial charge is 0.399 e. The van der Waals surface area contributed by atoms with Gasteiger partial charge in [0, 0.05) is 18.5 Å². The predicted molar refractivity (Wildman–Crippen MR) is 135 cm³/mol. The van der Waals surface area contributed by atoms with Crippen molar-refractivity contribution in [3.8, 4) is 11.1 Å². The van der Waals surface area contributed by atoms with Crippen LogP contribution >= 0.6 is 0 Å². The average Bonchev–Trinajstić information content (AvgIpc) is 3.32. The van der Waals surface area contributed by atoms with Crippen molar-refractivity contribution in [3.63, 3.8) is 0 Å². The Hall–Kier alpha value is -3.97. The topological polar surface area (TPSA) is 91.2 Å². The molecule has 3 aromatic carbocycles. The molecule has 2 amide bonds. The summed E-state index contributed by atoms with van der Waals surface area (Å²) in [6, 6.07) is 23.8. The van der Waals surface area contributed by atoms with Crippen molar-refractivity contribution in [3.05, 3.63) is 95.6 Å². The van der Waals surface area contributed by atoms with E-state index >= 15 is 0 Å². The van der Waals surface area contributed by atoms with E-state index in [4.69, 9.17) is 4.84 Å². The van der Waals surface area contributed by atoms with Crippen LogP contribution in [-0.4, -0.2) is 53.8 Å². The van der Waals surface area contributed by atoms with Gasteiger partial charge in [-0.1, -0.05) is 71.9 Å². The first-order valence-corrected chi connectivity index (χ1v) is 11.5. The van der Waals surface area contributed by atoms with Crippen LogP contribution < -0.4 is 5.32 Å². The third kappa shape index (κ3) is 5.58. The number of carbonyl (C=O) groups is 2. The minimum absolute atomic E-state index is 0.0449. The van der Waals surface area contributed by atoms with Crippen molar-refractivity contribution in [1.29, 1.82) is 0 Å². The van der Waals surface area contributed by atoms with Crippen molar-refractivity contribution in [1.82, 2.24) is 10.2 Å². The fraction of sp³-hybridized carbons (Fsp3) is 0.250. The number of benzene rings is 3. The second kappa shape index (κ2) is 11.0. The zero-order valence-electron chi connectivity index (χ0n) is 19.8. The van der Waals surface area contributed by atoms with E-state index in [9.17, 15) is 14.7 Å². The highest BCUT2D eigenvalue weighted by atomic mass is 16.6. The summed E-state index contributed by atoms with van der Waals surface area (Å²) in [7, 11) is 1.44. The van der Waals surface area contributed by atoms with E-state index in [-0.39, 0.29) is 31.3 Å². The van der Waals surface area contributed by atoms with Gasteiger partial charge in [0.05, 0.1) is 18.4 Å². The minimum Gasteiger partial charge on any atom is -0.399 e. The quantitative estimate of drug-likeness (QED) is 0.514. The Balaban J connectivity index is 1.49. The smallest absolute Gasteiger partial charge is 0.254 e. The molecule has 1 aliphatic heterocycles. The molecule has 0 saturated carbocycles. The number of oxime groups is 1. The van der Waals surface area contributed by atoms with Crippen LogP contribution in [0.4, 0.5) is 0 Å². The summed E-state index contributed by atoms with van der Waals surface area (Å²) in [6.45, 7) is 2.29. The van der Waals surface area contributed by atoms with Crippen molar-refractivity contribution in [2.75, 3.05) is 20.2 Å². The highest BCUT2D eigenvalue weighted by molar-refractivity contribution is 6.05. The number of amides is 2. The molecule has 35 heavy (non-hydrogen) atoms. The minimum atomic E-state index is -0.841. The van der Waals surface area contributed by atoms with E-state index in [1.165, 1.54) is 12.0 Å². The van der Waals surface area contributed by atoms with Gasteiger partial charge in [0.1, 0.15) is 13.2 Å². The van der Waals surface area contributed by atoms with E-state index in [0.717, 1.165) is 16.7 Å². The summed E-state index contributed by atoms with van der Waals surface area (Å²) in [4.78, 5) is 32.8. The molecule has 4 rings (SSSR count). The van der Waals surface area contributed by atoms with Crippen LogP contribution in [0.3, 0.4) is 0 Å². The molecule has 0 bridgehead atoms. The molecule has 2 atom stereocenters. The third-order valence-electron chi connectivity index (χ3n) is 6.18. The summed E-state index contributed by atoms with van der Waals surface area (Å²) in [5, 5.41) is 17.2. The lowest BCUT2D eigenvalue weighted by Gasteiger charge is -2.24. The van der Waals surface area contributed by atoms with E-state index in [0.29, 0.717) is 16.8 Å². The molecule has 1 aliphatic rings. The highest BCUT2D eigenvalue weighted by Crippen LogP contribution is 2.25. The van der Waals surface area contributed by atoms with Crippen LogP contribution in [-0.2, 0) is 9.63 Å². The molecule has 7 nitrogen and oxygen atoms in total. The van der Waals surface area contributed by atoms with Crippen LogP contribution in [0.25, 0.3) is 11.1 Å². The summed E-state index contributed by atoms with van der Waals surface area (Å²) >= 11 is 0. The molecule has 0 aromatic heterocycles. The van der Waals surface area contributed by atoms with Gasteiger partial charge in [-0.15, -0.1) is 0 Å². The number of aliphatic hydroxyl groups is 1. The number of nitrogens with one attached hydrogen (secondary N) is 1. The lowest BCUT2D eigenvalue weighted by molar-refractivity contribution is -0.125. The number of aliphatic hydroxyl groups excluding tert-OH is 1. The number of aryl methyl sites for hydroxylation is 1. The molecular weight excluding hydrogens is 442 g/mol. The van der Waals surface area contributed by atoms with Gasteiger partial charge in [0.15, 0.2) is 0 Å². The monoisotopic (exact) mass is 471 g/mol. The zero-order chi connectivity index (χ0) is 24.8. The molecule has 1 saturated heterocycles. The van der Waals surface area contributed by atoms with Gasteiger partial charge < -0.3 is 20.2 Å². The van der Waals surface area contributed by atoms with Gasteiger partial charge in [0.25, 0.3) is 5.91 Å². The van der Waals surface area contributed by atoms with Crippen LogP contribution in [0.5, 0.6) is 0 Å². The second-order valence-corrected chi connectivity index (χ2v) is 8.56. The first-order valence-electron chi connectivity index (χ1n) is 11.5. The summed E-state index contributed by atoms with van der Waals surface area (Å²) in [5.74, 6) is -0.599. The van der Waals surface area contributed by atoms with Crippen molar-refractivity contribution in [2.45, 2.75) is 25.5 Å². The van der Waals surface area contributed by atoms with Gasteiger partial charge in [0.2, 0.25) is 5.91 Å². The summed E-state index contributed by atoms with van der Waals surface area (Å²) in [6.07, 6.45) is -0.569. The van der Waals surface area contributed by atoms with E-state index < -0.39 is 12.1 Å². The maximum atomic E-state index is 13.4. The van der Waals surface area contributed by atoms with Gasteiger partial charge in [-0.2, -0.15) is 0 Å². The normalized spacial score (nSPS) is 17.3. The maximum Gasteiger partial charge on any atom is 0.254 e. The number of hydrogen-bond acceptors (Lipinski definition) is 5. The van der Waals surface area contributed by atoms with Crippen LogP contribution in [0.2, 0.25) is 0 Å². The highest BCUT2D eigenvalue weighted by Gasteiger charge is 2.38. The van der Waals surface area contributed by atoms with Crippen molar-refractivity contribution in [2.24, 2.45) is 5.16 Å². The SMILES string of the molecule is CO/N=C1\CC(C(=O)NC[C@@H](O)c2ccccc2)N(C(=O)c2ccc(-c3ccccc3C)cc2)C1. The number of rotatable bonds is 7. The Morgan fingerprint density at radius 1 is 1.06 bits per heavy atom. The first kappa shape index (κ1) is 24.2. The van der Waals surface area contributed by atoms with Gasteiger partial charge in [-0.05, 0) is 41.3 Å². The standard InChI is InChI=1S/C28H29N3O4/c1-19-8-6-7-11-24(19)20-12-14-22(15-13-20)28(34)31-18-23(30-35-2)16-25(31)27(33)29-17-26(32)21-9-4-3-5-10-21/h3-15,25-26,32H,16-18H2,1-2H3,(H,29,33)/b30-23+/t25?,26-/m1/s1. The number of nitrogens with zero attached hydrogens (tertiary/aromatic N) is 2. The fourth-order valence-electron chi connectivity index (χ4n) is 4.31. The molecule has 1 heterocycles. The average molecular weight is 472 g/mol. The number of hydrogen-bond donors (Lipinski definition) is 2.